The van der Waals surface area contributed by atoms with Gasteiger partial charge < -0.3 is 4.98 Å². The summed E-state index contributed by atoms with van der Waals surface area (Å²) >= 11 is 0. The minimum absolute atomic E-state index is 0.285. The van der Waals surface area contributed by atoms with Crippen LogP contribution in [0.15, 0.2) is 72.9 Å². The van der Waals surface area contributed by atoms with Crippen molar-refractivity contribution in [3.8, 4) is 11.1 Å². The van der Waals surface area contributed by atoms with Crippen LogP contribution in [0.4, 0.5) is 0 Å². The Labute approximate surface area is 142 Å². The molecule has 4 rings (SSSR count). The van der Waals surface area contributed by atoms with Crippen molar-refractivity contribution in [3.63, 3.8) is 0 Å². The Morgan fingerprint density at radius 1 is 0.875 bits per heavy atom. The van der Waals surface area contributed by atoms with E-state index in [1.54, 1.807) is 0 Å². The van der Waals surface area contributed by atoms with Crippen LogP contribution in [-0.4, -0.2) is 9.97 Å². The molecule has 1 unspecified atom stereocenters. The summed E-state index contributed by atoms with van der Waals surface area (Å²) in [6.45, 7) is 4.32. The summed E-state index contributed by atoms with van der Waals surface area (Å²) in [6, 6.07) is 23.4. The summed E-state index contributed by atoms with van der Waals surface area (Å²) in [6.07, 6.45) is 1.90. The smallest absolute Gasteiger partial charge is 0.0678 e. The molecule has 24 heavy (non-hydrogen) atoms. The number of pyridine rings is 1. The van der Waals surface area contributed by atoms with E-state index < -0.39 is 0 Å². The quantitative estimate of drug-likeness (QED) is 0.517. The summed E-state index contributed by atoms with van der Waals surface area (Å²) in [5, 5.41) is 1.24. The van der Waals surface area contributed by atoms with Gasteiger partial charge in [0.1, 0.15) is 0 Å². The molecule has 0 aliphatic heterocycles. The van der Waals surface area contributed by atoms with Crippen LogP contribution in [0.3, 0.4) is 0 Å². The lowest BCUT2D eigenvalue weighted by Gasteiger charge is -2.14. The second-order valence-electron chi connectivity index (χ2n) is 6.23. The zero-order valence-corrected chi connectivity index (χ0v) is 14.0. The molecule has 0 aliphatic rings. The number of hydrogen-bond donors (Lipinski definition) is 1. The van der Waals surface area contributed by atoms with Gasteiger partial charge >= 0.3 is 0 Å². The third-order valence-electron chi connectivity index (χ3n) is 4.73. The lowest BCUT2D eigenvalue weighted by atomic mass is 9.91. The van der Waals surface area contributed by atoms with Crippen LogP contribution in [0.2, 0.25) is 0 Å². The van der Waals surface area contributed by atoms with E-state index in [1.807, 2.05) is 6.20 Å². The predicted molar refractivity (Wildman–Crippen MR) is 100 cm³/mol. The topological polar surface area (TPSA) is 28.7 Å². The molecule has 118 valence electrons. The number of benzene rings is 2. The zero-order valence-electron chi connectivity index (χ0n) is 14.0. The zero-order chi connectivity index (χ0) is 16.5. The normalized spacial score (nSPS) is 12.4. The van der Waals surface area contributed by atoms with Crippen molar-refractivity contribution >= 4 is 10.9 Å². The number of fused-ring (bicyclic) bond motifs is 1. The second kappa shape index (κ2) is 5.97. The Hall–Kier alpha value is -2.87. The van der Waals surface area contributed by atoms with E-state index in [2.05, 4.69) is 90.5 Å². The first-order valence-corrected chi connectivity index (χ1v) is 8.33. The Bertz CT molecular complexity index is 969. The number of nitrogens with zero attached hydrogens (tertiary/aromatic N) is 1. The average molecular weight is 312 g/mol. The number of aromatic nitrogens is 2. The highest BCUT2D eigenvalue weighted by atomic mass is 14.8. The van der Waals surface area contributed by atoms with Crippen LogP contribution in [0.25, 0.3) is 22.0 Å². The minimum atomic E-state index is 0.285. The fourth-order valence-electron chi connectivity index (χ4n) is 3.42. The van der Waals surface area contributed by atoms with E-state index in [-0.39, 0.29) is 5.92 Å². The molecule has 2 heteroatoms. The van der Waals surface area contributed by atoms with E-state index in [0.717, 1.165) is 11.2 Å². The molecule has 0 bridgehead atoms. The van der Waals surface area contributed by atoms with Gasteiger partial charge in [-0.05, 0) is 24.1 Å². The fraction of sp³-hybridized carbons (Fsp3) is 0.136. The van der Waals surface area contributed by atoms with Gasteiger partial charge in [0.2, 0.25) is 0 Å². The van der Waals surface area contributed by atoms with Crippen LogP contribution in [-0.2, 0) is 0 Å². The third-order valence-corrected chi connectivity index (χ3v) is 4.73. The number of aromatic amines is 1. The van der Waals surface area contributed by atoms with Crippen LogP contribution in [0, 0.1) is 6.92 Å². The fourth-order valence-corrected chi connectivity index (χ4v) is 3.42. The van der Waals surface area contributed by atoms with Gasteiger partial charge in [-0.1, -0.05) is 67.6 Å². The molecule has 0 spiro atoms. The Balaban J connectivity index is 2.00. The summed E-state index contributed by atoms with van der Waals surface area (Å²) in [7, 11) is 0. The van der Waals surface area contributed by atoms with E-state index in [0.29, 0.717) is 0 Å². The van der Waals surface area contributed by atoms with Gasteiger partial charge in [0.05, 0.1) is 11.2 Å². The summed E-state index contributed by atoms with van der Waals surface area (Å²) in [5.74, 6) is 0.285. The van der Waals surface area contributed by atoms with Crippen molar-refractivity contribution in [3.05, 3.63) is 89.9 Å². The first kappa shape index (κ1) is 14.7. The van der Waals surface area contributed by atoms with Crippen LogP contribution in [0.5, 0.6) is 0 Å². The maximum atomic E-state index is 4.46. The van der Waals surface area contributed by atoms with Crippen molar-refractivity contribution in [1.29, 1.82) is 0 Å². The molecule has 0 saturated heterocycles. The molecule has 2 aromatic heterocycles. The average Bonchev–Trinajstić information content (AvgIpc) is 3.03. The van der Waals surface area contributed by atoms with Gasteiger partial charge in [-0.3, -0.25) is 4.98 Å². The maximum absolute atomic E-state index is 4.46. The number of hydrogen-bond acceptors (Lipinski definition) is 1. The SMILES string of the molecule is Cc1nccc2c(-c3ccccc3)c(C(C)c3ccccc3)[nH]c12. The van der Waals surface area contributed by atoms with Gasteiger partial charge in [-0.2, -0.15) is 0 Å². The number of aryl methyl sites for hydroxylation is 1. The maximum Gasteiger partial charge on any atom is 0.0678 e. The largest absolute Gasteiger partial charge is 0.356 e. The molecule has 0 fully saturated rings. The molecule has 0 aliphatic carbocycles. The van der Waals surface area contributed by atoms with Crippen molar-refractivity contribution in [1.82, 2.24) is 9.97 Å². The molecule has 1 N–H and O–H groups in total. The highest BCUT2D eigenvalue weighted by Gasteiger charge is 2.20. The van der Waals surface area contributed by atoms with E-state index >= 15 is 0 Å². The van der Waals surface area contributed by atoms with Crippen molar-refractivity contribution in [2.45, 2.75) is 19.8 Å². The first-order valence-electron chi connectivity index (χ1n) is 8.33. The number of nitrogens with one attached hydrogen (secondary N) is 1. The first-order chi connectivity index (χ1) is 11.8. The summed E-state index contributed by atoms with van der Waals surface area (Å²) in [4.78, 5) is 8.12. The molecular weight excluding hydrogens is 292 g/mol. The number of H-pyrrole nitrogens is 1. The number of rotatable bonds is 3. The minimum Gasteiger partial charge on any atom is -0.356 e. The molecular formula is C22H20N2. The third kappa shape index (κ3) is 2.41. The molecule has 2 heterocycles. The van der Waals surface area contributed by atoms with Crippen molar-refractivity contribution in [2.24, 2.45) is 0 Å². The standard InChI is InChI=1S/C22H20N2/c1-15(17-9-5-3-6-10-17)21-20(18-11-7-4-8-12-18)19-13-14-23-16(2)22(19)24-21/h3-15,24H,1-2H3. The van der Waals surface area contributed by atoms with Crippen LogP contribution >= 0.6 is 0 Å². The van der Waals surface area contributed by atoms with Gasteiger partial charge in [-0.25, -0.2) is 0 Å². The molecule has 4 aromatic rings. The molecule has 2 aromatic carbocycles. The molecule has 0 radical (unpaired) electrons. The van der Waals surface area contributed by atoms with Gasteiger partial charge in [0.15, 0.2) is 0 Å². The van der Waals surface area contributed by atoms with Gasteiger partial charge in [-0.15, -0.1) is 0 Å². The Morgan fingerprint density at radius 2 is 1.54 bits per heavy atom. The lowest BCUT2D eigenvalue weighted by molar-refractivity contribution is 0.889. The van der Waals surface area contributed by atoms with E-state index in [4.69, 9.17) is 0 Å². The highest BCUT2D eigenvalue weighted by Crippen LogP contribution is 2.38. The Morgan fingerprint density at radius 3 is 2.25 bits per heavy atom. The van der Waals surface area contributed by atoms with E-state index in [9.17, 15) is 0 Å². The van der Waals surface area contributed by atoms with Crippen molar-refractivity contribution < 1.29 is 0 Å². The van der Waals surface area contributed by atoms with Crippen LogP contribution in [0.1, 0.15) is 29.8 Å². The predicted octanol–water partition coefficient (Wildman–Crippen LogP) is 5.69. The van der Waals surface area contributed by atoms with Gasteiger partial charge in [0.25, 0.3) is 0 Å². The summed E-state index contributed by atoms with van der Waals surface area (Å²) < 4.78 is 0. The molecule has 0 amide bonds. The second-order valence-corrected chi connectivity index (χ2v) is 6.23. The van der Waals surface area contributed by atoms with Crippen molar-refractivity contribution in [2.75, 3.05) is 0 Å². The highest BCUT2D eigenvalue weighted by molar-refractivity contribution is 5.98. The summed E-state index contributed by atoms with van der Waals surface area (Å²) in [5.41, 5.74) is 7.26. The monoisotopic (exact) mass is 312 g/mol. The Kier molecular flexibility index (Phi) is 3.66. The molecule has 0 saturated carbocycles. The van der Waals surface area contributed by atoms with Gasteiger partial charge in [0, 0.05) is 28.8 Å². The lowest BCUT2D eigenvalue weighted by Crippen LogP contribution is -1.98. The van der Waals surface area contributed by atoms with E-state index in [1.165, 1.54) is 27.8 Å². The molecule has 2 nitrogen and oxygen atoms in total. The van der Waals surface area contributed by atoms with Crippen LogP contribution < -0.4 is 0 Å². The molecule has 1 atom stereocenters.